The zero-order valence-electron chi connectivity index (χ0n) is 13.1. The molecule has 1 aromatic carbocycles. The first-order valence-electron chi connectivity index (χ1n) is 7.71. The summed E-state index contributed by atoms with van der Waals surface area (Å²) in [4.78, 5) is 25.0. The number of rotatable bonds is 6. The Morgan fingerprint density at radius 1 is 1.27 bits per heavy atom. The molecule has 1 fully saturated rings. The van der Waals surface area contributed by atoms with Crippen molar-refractivity contribution < 1.29 is 19.4 Å². The van der Waals surface area contributed by atoms with Crippen LogP contribution in [-0.4, -0.2) is 47.7 Å². The smallest absolute Gasteiger partial charge is 0.335 e. The van der Waals surface area contributed by atoms with Crippen molar-refractivity contribution in [3.05, 3.63) is 35.4 Å². The van der Waals surface area contributed by atoms with Gasteiger partial charge in [-0.1, -0.05) is 13.8 Å². The van der Waals surface area contributed by atoms with Crippen LogP contribution in [0, 0.1) is 5.92 Å². The van der Waals surface area contributed by atoms with Crippen molar-refractivity contribution in [2.24, 2.45) is 5.92 Å². The average Bonchev–Trinajstić information content (AvgIpc) is 2.95. The molecule has 5 nitrogen and oxygen atoms in total. The van der Waals surface area contributed by atoms with Crippen LogP contribution in [0.2, 0.25) is 0 Å². The first kappa shape index (κ1) is 16.5. The molecule has 0 bridgehead atoms. The summed E-state index contributed by atoms with van der Waals surface area (Å²) in [5, 5.41) is 8.87. The normalized spacial score (nSPS) is 18.0. The molecule has 0 aliphatic carbocycles. The predicted octanol–water partition coefficient (Wildman–Crippen LogP) is 2.66. The Hall–Kier alpha value is -1.88. The Balaban J connectivity index is 1.87. The Bertz CT molecular complexity index is 524. The van der Waals surface area contributed by atoms with E-state index in [1.54, 1.807) is 17.0 Å². The molecule has 0 radical (unpaired) electrons. The Morgan fingerprint density at radius 2 is 1.91 bits per heavy atom. The molecule has 1 aliphatic rings. The number of amides is 1. The summed E-state index contributed by atoms with van der Waals surface area (Å²) < 4.78 is 5.81. The summed E-state index contributed by atoms with van der Waals surface area (Å²) in [5.41, 5.74) is 0.709. The second-order valence-electron chi connectivity index (χ2n) is 6.10. The molecule has 5 heteroatoms. The molecule has 1 aromatic rings. The van der Waals surface area contributed by atoms with Gasteiger partial charge >= 0.3 is 5.97 Å². The van der Waals surface area contributed by atoms with E-state index in [0.29, 0.717) is 24.6 Å². The van der Waals surface area contributed by atoms with Crippen LogP contribution in [0.4, 0.5) is 0 Å². The van der Waals surface area contributed by atoms with Crippen molar-refractivity contribution in [1.82, 2.24) is 4.90 Å². The zero-order valence-corrected chi connectivity index (χ0v) is 13.1. The van der Waals surface area contributed by atoms with Crippen LogP contribution in [-0.2, 0) is 4.74 Å². The van der Waals surface area contributed by atoms with Crippen molar-refractivity contribution in [1.29, 1.82) is 0 Å². The van der Waals surface area contributed by atoms with E-state index in [2.05, 4.69) is 13.8 Å². The highest BCUT2D eigenvalue weighted by atomic mass is 16.5. The van der Waals surface area contributed by atoms with E-state index >= 15 is 0 Å². The number of carbonyl (C=O) groups is 2. The molecule has 1 unspecified atom stereocenters. The lowest BCUT2D eigenvalue weighted by molar-refractivity contribution is 0.0484. The maximum Gasteiger partial charge on any atom is 0.335 e. The van der Waals surface area contributed by atoms with E-state index < -0.39 is 5.97 Å². The molecule has 0 saturated carbocycles. The fourth-order valence-corrected chi connectivity index (χ4v) is 2.46. The number of carboxylic acid groups (broad SMARTS) is 1. The van der Waals surface area contributed by atoms with E-state index in [4.69, 9.17) is 9.84 Å². The Kier molecular flexibility index (Phi) is 5.55. The van der Waals surface area contributed by atoms with Gasteiger partial charge in [-0.2, -0.15) is 0 Å². The van der Waals surface area contributed by atoms with Crippen molar-refractivity contribution >= 4 is 11.9 Å². The number of carboxylic acids is 1. The summed E-state index contributed by atoms with van der Waals surface area (Å²) >= 11 is 0. The summed E-state index contributed by atoms with van der Waals surface area (Å²) in [7, 11) is 0. The van der Waals surface area contributed by atoms with Gasteiger partial charge in [0.05, 0.1) is 11.7 Å². The van der Waals surface area contributed by atoms with Crippen molar-refractivity contribution in [2.75, 3.05) is 19.7 Å². The standard InChI is InChI=1S/C17H23NO4/c1-12(2)8-10-22-15-7-9-18(11-15)16(19)13-3-5-14(6-4-13)17(20)21/h3-6,12,15H,7-11H2,1-2H3,(H,20,21). The van der Waals surface area contributed by atoms with Crippen LogP contribution in [0.1, 0.15) is 47.4 Å². The van der Waals surface area contributed by atoms with Gasteiger partial charge in [0.25, 0.3) is 5.91 Å². The van der Waals surface area contributed by atoms with E-state index in [9.17, 15) is 9.59 Å². The first-order valence-corrected chi connectivity index (χ1v) is 7.71. The molecular weight excluding hydrogens is 282 g/mol. The maximum absolute atomic E-state index is 12.4. The molecule has 2 rings (SSSR count). The molecule has 22 heavy (non-hydrogen) atoms. The lowest BCUT2D eigenvalue weighted by Crippen LogP contribution is -2.30. The molecule has 120 valence electrons. The number of aromatic carboxylic acids is 1. The van der Waals surface area contributed by atoms with Crippen LogP contribution in [0.5, 0.6) is 0 Å². The van der Waals surface area contributed by atoms with E-state index in [0.717, 1.165) is 19.4 Å². The molecule has 0 aromatic heterocycles. The molecule has 1 saturated heterocycles. The second kappa shape index (κ2) is 7.40. The van der Waals surface area contributed by atoms with Gasteiger partial charge in [-0.3, -0.25) is 4.79 Å². The molecular formula is C17H23NO4. The summed E-state index contributed by atoms with van der Waals surface area (Å²) in [5.74, 6) is -0.433. The van der Waals surface area contributed by atoms with E-state index in [1.165, 1.54) is 12.1 Å². The zero-order chi connectivity index (χ0) is 16.1. The number of likely N-dealkylation sites (tertiary alicyclic amines) is 1. The lowest BCUT2D eigenvalue weighted by atomic mass is 10.1. The number of hydrogen-bond acceptors (Lipinski definition) is 3. The van der Waals surface area contributed by atoms with Gasteiger partial charge in [-0.15, -0.1) is 0 Å². The molecule has 1 amide bonds. The average molecular weight is 305 g/mol. The third kappa shape index (κ3) is 4.31. The monoisotopic (exact) mass is 305 g/mol. The molecule has 1 N–H and O–H groups in total. The fourth-order valence-electron chi connectivity index (χ4n) is 2.46. The molecule has 1 heterocycles. The van der Waals surface area contributed by atoms with Crippen molar-refractivity contribution in [2.45, 2.75) is 32.8 Å². The predicted molar refractivity (Wildman–Crippen MR) is 83.1 cm³/mol. The maximum atomic E-state index is 12.4. The van der Waals surface area contributed by atoms with Crippen LogP contribution in [0.3, 0.4) is 0 Å². The van der Waals surface area contributed by atoms with Gasteiger partial charge in [0, 0.05) is 25.3 Å². The van der Waals surface area contributed by atoms with Crippen LogP contribution >= 0.6 is 0 Å². The first-order chi connectivity index (χ1) is 10.5. The number of nitrogens with zero attached hydrogens (tertiary/aromatic N) is 1. The highest BCUT2D eigenvalue weighted by Gasteiger charge is 2.27. The Labute approximate surface area is 130 Å². The topological polar surface area (TPSA) is 66.8 Å². The number of hydrogen-bond donors (Lipinski definition) is 1. The third-order valence-electron chi connectivity index (χ3n) is 3.86. The number of benzene rings is 1. The van der Waals surface area contributed by atoms with Gasteiger partial charge in [-0.25, -0.2) is 4.79 Å². The van der Waals surface area contributed by atoms with Crippen molar-refractivity contribution in [3.8, 4) is 0 Å². The fraction of sp³-hybridized carbons (Fsp3) is 0.529. The minimum atomic E-state index is -0.987. The van der Waals surface area contributed by atoms with Gasteiger partial charge in [-0.05, 0) is 43.0 Å². The van der Waals surface area contributed by atoms with Gasteiger partial charge in [0.1, 0.15) is 0 Å². The SMILES string of the molecule is CC(C)CCOC1CCN(C(=O)c2ccc(C(=O)O)cc2)C1. The van der Waals surface area contributed by atoms with Gasteiger partial charge in [0.2, 0.25) is 0 Å². The van der Waals surface area contributed by atoms with Crippen molar-refractivity contribution in [3.63, 3.8) is 0 Å². The second-order valence-corrected chi connectivity index (χ2v) is 6.10. The van der Waals surface area contributed by atoms with E-state index in [-0.39, 0.29) is 17.6 Å². The molecule has 0 spiro atoms. The van der Waals surface area contributed by atoms with Gasteiger partial charge in [0.15, 0.2) is 0 Å². The number of carbonyl (C=O) groups excluding carboxylic acids is 1. The summed E-state index contributed by atoms with van der Waals surface area (Å²) in [6.45, 7) is 6.35. The van der Waals surface area contributed by atoms with Crippen LogP contribution in [0.25, 0.3) is 0 Å². The minimum Gasteiger partial charge on any atom is -0.478 e. The summed E-state index contributed by atoms with van der Waals surface area (Å²) in [6, 6.07) is 6.06. The van der Waals surface area contributed by atoms with Gasteiger partial charge < -0.3 is 14.7 Å². The van der Waals surface area contributed by atoms with Crippen LogP contribution in [0.15, 0.2) is 24.3 Å². The lowest BCUT2D eigenvalue weighted by Gasteiger charge is -2.17. The molecule has 1 aliphatic heterocycles. The highest BCUT2D eigenvalue weighted by molar-refractivity contribution is 5.96. The molecule has 1 atom stereocenters. The van der Waals surface area contributed by atoms with Crippen LogP contribution < -0.4 is 0 Å². The van der Waals surface area contributed by atoms with E-state index in [1.807, 2.05) is 0 Å². The summed E-state index contributed by atoms with van der Waals surface area (Å²) in [6.07, 6.45) is 2.00. The third-order valence-corrected chi connectivity index (χ3v) is 3.86. The minimum absolute atomic E-state index is 0.0631. The quantitative estimate of drug-likeness (QED) is 0.877. The Morgan fingerprint density at radius 3 is 2.50 bits per heavy atom. The number of ether oxygens (including phenoxy) is 1. The highest BCUT2D eigenvalue weighted by Crippen LogP contribution is 2.17. The largest absolute Gasteiger partial charge is 0.478 e.